The number of hydrogen-bond acceptors (Lipinski definition) is 1. The summed E-state index contributed by atoms with van der Waals surface area (Å²) >= 11 is 0. The van der Waals surface area contributed by atoms with Crippen molar-refractivity contribution in [1.29, 1.82) is 0 Å². The van der Waals surface area contributed by atoms with E-state index in [0.717, 1.165) is 0 Å². The minimum Gasteiger partial charge on any atom is -0.461 e. The Balaban J connectivity index is 4.15. The van der Waals surface area contributed by atoms with Gasteiger partial charge in [0.15, 0.2) is 5.76 Å². The highest BCUT2D eigenvalue weighted by Crippen LogP contribution is 2.18. The molecule has 0 saturated carbocycles. The van der Waals surface area contributed by atoms with Crippen LogP contribution in [0.4, 0.5) is 8.78 Å². The summed E-state index contributed by atoms with van der Waals surface area (Å²) in [6.07, 6.45) is -0.947. The van der Waals surface area contributed by atoms with Crippen LogP contribution in [0.2, 0.25) is 0 Å². The first kappa shape index (κ1) is 11.1. The van der Waals surface area contributed by atoms with Crippen LogP contribution in [0.25, 0.3) is 0 Å². The molecule has 0 bridgehead atoms. The summed E-state index contributed by atoms with van der Waals surface area (Å²) in [5.41, 5.74) is 0. The minimum atomic E-state index is -2.61. The van der Waals surface area contributed by atoms with Gasteiger partial charge in [-0.05, 0) is 13.0 Å². The maximum Gasteiger partial charge on any atom is 0.294 e. The Labute approximate surface area is 71.7 Å². The first-order valence-electron chi connectivity index (χ1n) is 3.80. The van der Waals surface area contributed by atoms with Crippen LogP contribution in [-0.4, -0.2) is 6.43 Å². The van der Waals surface area contributed by atoms with Crippen molar-refractivity contribution < 1.29 is 13.5 Å². The molecule has 0 fully saturated rings. The van der Waals surface area contributed by atoms with Crippen molar-refractivity contribution in [1.82, 2.24) is 0 Å². The molecule has 0 unspecified atom stereocenters. The molecule has 0 aliphatic rings. The number of allylic oxidation sites excluding steroid dienone is 3. The van der Waals surface area contributed by atoms with Crippen molar-refractivity contribution in [2.45, 2.75) is 27.2 Å². The Morgan fingerprint density at radius 2 is 1.92 bits per heavy atom. The largest absolute Gasteiger partial charge is 0.461 e. The number of rotatable bonds is 4. The van der Waals surface area contributed by atoms with Gasteiger partial charge in [-0.25, -0.2) is 8.78 Å². The molecule has 0 atom stereocenters. The normalized spacial score (nSPS) is 12.4. The second kappa shape index (κ2) is 4.91. The molecule has 3 heteroatoms. The molecule has 0 rings (SSSR count). The molecule has 0 spiro atoms. The molecule has 0 aromatic heterocycles. The Morgan fingerprint density at radius 3 is 2.17 bits per heavy atom. The molecule has 0 aromatic carbocycles. The summed E-state index contributed by atoms with van der Waals surface area (Å²) in [7, 11) is 0. The molecule has 0 heterocycles. The van der Waals surface area contributed by atoms with E-state index in [1.807, 2.05) is 13.8 Å². The Bertz CT molecular complexity index is 183. The lowest BCUT2D eigenvalue weighted by Gasteiger charge is -2.13. The van der Waals surface area contributed by atoms with Crippen molar-refractivity contribution in [3.05, 3.63) is 24.2 Å². The summed E-state index contributed by atoms with van der Waals surface area (Å²) in [6, 6.07) is 0. The zero-order chi connectivity index (χ0) is 9.72. The van der Waals surface area contributed by atoms with Gasteiger partial charge in [0.2, 0.25) is 0 Å². The van der Waals surface area contributed by atoms with Crippen molar-refractivity contribution in [2.24, 2.45) is 5.92 Å². The van der Waals surface area contributed by atoms with E-state index in [1.54, 1.807) is 13.0 Å². The van der Waals surface area contributed by atoms with Gasteiger partial charge in [-0.15, -0.1) is 0 Å². The van der Waals surface area contributed by atoms with E-state index in [9.17, 15) is 8.78 Å². The van der Waals surface area contributed by atoms with Gasteiger partial charge in [0.05, 0.1) is 0 Å². The summed E-state index contributed by atoms with van der Waals surface area (Å²) in [4.78, 5) is 0. The second-order valence-corrected chi connectivity index (χ2v) is 2.71. The van der Waals surface area contributed by atoms with Crippen LogP contribution in [0.3, 0.4) is 0 Å². The molecule has 0 saturated heterocycles. The van der Waals surface area contributed by atoms with Crippen molar-refractivity contribution >= 4 is 0 Å². The lowest BCUT2D eigenvalue weighted by atomic mass is 10.2. The van der Waals surface area contributed by atoms with Crippen molar-refractivity contribution in [3.63, 3.8) is 0 Å². The van der Waals surface area contributed by atoms with E-state index in [0.29, 0.717) is 5.76 Å². The molecular formula is C9H14F2O. The van der Waals surface area contributed by atoms with Gasteiger partial charge in [0.1, 0.15) is 5.76 Å². The third-order valence-corrected chi connectivity index (χ3v) is 1.35. The van der Waals surface area contributed by atoms with Gasteiger partial charge in [0, 0.05) is 5.92 Å². The van der Waals surface area contributed by atoms with Crippen LogP contribution in [0.5, 0.6) is 0 Å². The van der Waals surface area contributed by atoms with Gasteiger partial charge in [-0.1, -0.05) is 20.4 Å². The zero-order valence-corrected chi connectivity index (χ0v) is 7.60. The molecule has 0 radical (unpaired) electrons. The standard InChI is InChI=1S/C9H14F2O/c1-5-8(6(2)3)12-7(4)9(10)11/h5-6,9H,4H2,1-3H3/b8-5-. The highest BCUT2D eigenvalue weighted by atomic mass is 19.3. The number of hydrogen-bond donors (Lipinski definition) is 0. The molecule has 0 N–H and O–H groups in total. The highest BCUT2D eigenvalue weighted by Gasteiger charge is 2.13. The molecule has 1 nitrogen and oxygen atoms in total. The Morgan fingerprint density at radius 1 is 1.42 bits per heavy atom. The molecule has 0 aliphatic carbocycles. The highest BCUT2D eigenvalue weighted by molar-refractivity contribution is 5.00. The van der Waals surface area contributed by atoms with Crippen LogP contribution >= 0.6 is 0 Å². The smallest absolute Gasteiger partial charge is 0.294 e. The third-order valence-electron chi connectivity index (χ3n) is 1.35. The lowest BCUT2D eigenvalue weighted by molar-refractivity contribution is 0.105. The molecular weight excluding hydrogens is 162 g/mol. The van der Waals surface area contributed by atoms with E-state index >= 15 is 0 Å². The third kappa shape index (κ3) is 3.51. The summed E-state index contributed by atoms with van der Waals surface area (Å²) in [5.74, 6) is 0.141. The topological polar surface area (TPSA) is 9.23 Å². The van der Waals surface area contributed by atoms with Crippen LogP contribution in [-0.2, 0) is 4.74 Å². The first-order chi connectivity index (χ1) is 5.49. The van der Waals surface area contributed by atoms with Crippen LogP contribution in [0, 0.1) is 5.92 Å². The molecule has 12 heavy (non-hydrogen) atoms. The monoisotopic (exact) mass is 176 g/mol. The van der Waals surface area contributed by atoms with Gasteiger partial charge < -0.3 is 4.74 Å². The van der Waals surface area contributed by atoms with E-state index < -0.39 is 12.2 Å². The zero-order valence-electron chi connectivity index (χ0n) is 7.60. The molecule has 0 aliphatic heterocycles. The first-order valence-corrected chi connectivity index (χ1v) is 3.80. The second-order valence-electron chi connectivity index (χ2n) is 2.71. The predicted molar refractivity (Wildman–Crippen MR) is 44.8 cm³/mol. The average molecular weight is 176 g/mol. The van der Waals surface area contributed by atoms with E-state index in [1.165, 1.54) is 0 Å². The van der Waals surface area contributed by atoms with Crippen LogP contribution in [0.15, 0.2) is 24.2 Å². The molecule has 70 valence electrons. The molecule has 0 amide bonds. The van der Waals surface area contributed by atoms with Crippen LogP contribution in [0.1, 0.15) is 20.8 Å². The fraction of sp³-hybridized carbons (Fsp3) is 0.556. The maximum atomic E-state index is 11.9. The molecule has 0 aromatic rings. The van der Waals surface area contributed by atoms with Crippen molar-refractivity contribution in [2.75, 3.05) is 0 Å². The minimum absolute atomic E-state index is 0.102. The van der Waals surface area contributed by atoms with Gasteiger partial charge in [-0.3, -0.25) is 0 Å². The van der Waals surface area contributed by atoms with E-state index in [4.69, 9.17) is 4.74 Å². The number of alkyl halides is 2. The van der Waals surface area contributed by atoms with Gasteiger partial charge in [0.25, 0.3) is 6.43 Å². The summed E-state index contributed by atoms with van der Waals surface area (Å²) < 4.78 is 28.7. The van der Waals surface area contributed by atoms with E-state index in [2.05, 4.69) is 6.58 Å². The van der Waals surface area contributed by atoms with Crippen molar-refractivity contribution in [3.8, 4) is 0 Å². The predicted octanol–water partition coefficient (Wildman–Crippen LogP) is 3.34. The lowest BCUT2D eigenvalue weighted by Crippen LogP contribution is -2.04. The average Bonchev–Trinajstić information content (AvgIpc) is 1.98. The summed E-state index contributed by atoms with van der Waals surface area (Å²) in [6.45, 7) is 8.59. The maximum absolute atomic E-state index is 11.9. The SMILES string of the molecule is C=C(O/C(=C\C)C(C)C)C(F)F. The van der Waals surface area contributed by atoms with Gasteiger partial charge in [-0.2, -0.15) is 0 Å². The number of halogens is 2. The van der Waals surface area contributed by atoms with Crippen LogP contribution < -0.4 is 0 Å². The quantitative estimate of drug-likeness (QED) is 0.597. The Kier molecular flexibility index (Phi) is 4.55. The van der Waals surface area contributed by atoms with E-state index in [-0.39, 0.29) is 5.92 Å². The fourth-order valence-corrected chi connectivity index (χ4v) is 0.706. The Hall–Kier alpha value is -0.860. The summed E-state index contributed by atoms with van der Waals surface area (Å²) in [5, 5.41) is 0. The fourth-order valence-electron chi connectivity index (χ4n) is 0.706. The number of ether oxygens (including phenoxy) is 1. The van der Waals surface area contributed by atoms with Gasteiger partial charge >= 0.3 is 0 Å².